The molecule has 1 aromatic carbocycles. The second kappa shape index (κ2) is 7.38. The van der Waals surface area contributed by atoms with Crippen LogP contribution in [0.3, 0.4) is 0 Å². The van der Waals surface area contributed by atoms with Crippen LogP contribution in [-0.4, -0.2) is 21.3 Å². The highest BCUT2D eigenvalue weighted by Crippen LogP contribution is 2.37. The number of carboxylic acid groups (broad SMARTS) is 1. The molecule has 0 bridgehead atoms. The second-order valence-corrected chi connectivity index (χ2v) is 7.11. The minimum absolute atomic E-state index is 0.105. The van der Waals surface area contributed by atoms with E-state index in [9.17, 15) is 4.79 Å². The number of rotatable bonds is 5. The molecule has 6 nitrogen and oxygen atoms in total. The molecule has 0 aliphatic carbocycles. The van der Waals surface area contributed by atoms with Crippen molar-refractivity contribution in [3.8, 4) is 0 Å². The molecule has 0 radical (unpaired) electrons. The van der Waals surface area contributed by atoms with Gasteiger partial charge in [-0.2, -0.15) is 4.98 Å². The summed E-state index contributed by atoms with van der Waals surface area (Å²) in [5.41, 5.74) is 2.11. The Bertz CT molecular complexity index is 668. The zero-order chi connectivity index (χ0) is 17.0. The van der Waals surface area contributed by atoms with Gasteiger partial charge in [0.15, 0.2) is 5.82 Å². The monoisotopic (exact) mass is 377 g/mol. The number of hydrogen-bond acceptors (Lipinski definition) is 4. The normalized spacial score (nSPS) is 12.9. The minimum Gasteiger partial charge on any atom is -0.465 e. The van der Waals surface area contributed by atoms with Crippen LogP contribution in [0.4, 0.5) is 4.79 Å². The van der Waals surface area contributed by atoms with Gasteiger partial charge >= 0.3 is 6.09 Å². The fourth-order valence-corrected chi connectivity index (χ4v) is 2.22. The van der Waals surface area contributed by atoms with Gasteiger partial charge in [-0.15, -0.1) is 0 Å². The maximum atomic E-state index is 11.0. The number of hydrogen-bond donors (Lipinski definition) is 2. The fraction of sp³-hybridized carbons (Fsp3) is 0.357. The maximum Gasteiger partial charge on any atom is 0.405 e. The van der Waals surface area contributed by atoms with Gasteiger partial charge in [0.05, 0.1) is 6.04 Å². The summed E-state index contributed by atoms with van der Waals surface area (Å²) >= 11 is 17.0. The molecule has 0 aliphatic heterocycles. The third kappa shape index (κ3) is 4.99. The molecule has 0 unspecified atom stereocenters. The topological polar surface area (TPSA) is 88.2 Å². The Hall–Kier alpha value is -1.50. The minimum atomic E-state index is -1.86. The Kier molecular flexibility index (Phi) is 5.73. The van der Waals surface area contributed by atoms with Crippen molar-refractivity contribution < 1.29 is 14.4 Å². The van der Waals surface area contributed by atoms with E-state index >= 15 is 0 Å². The van der Waals surface area contributed by atoms with Gasteiger partial charge in [0.1, 0.15) is 0 Å². The molecule has 9 heteroatoms. The van der Waals surface area contributed by atoms with Gasteiger partial charge in [0.2, 0.25) is 0 Å². The van der Waals surface area contributed by atoms with E-state index in [-0.39, 0.29) is 11.7 Å². The third-order valence-electron chi connectivity index (χ3n) is 3.16. The number of aryl methyl sites for hydroxylation is 1. The summed E-state index contributed by atoms with van der Waals surface area (Å²) in [6.45, 7) is 2.06. The average Bonchev–Trinajstić information content (AvgIpc) is 2.97. The van der Waals surface area contributed by atoms with E-state index in [1.165, 1.54) is 5.56 Å². The molecule has 1 heterocycles. The quantitative estimate of drug-likeness (QED) is 0.767. The lowest BCUT2D eigenvalue weighted by Crippen LogP contribution is -2.29. The molecule has 2 N–H and O–H groups in total. The summed E-state index contributed by atoms with van der Waals surface area (Å²) in [6, 6.07) is 7.09. The Labute approximate surface area is 147 Å². The molecule has 0 saturated carbocycles. The molecule has 0 fully saturated rings. The van der Waals surface area contributed by atoms with Crippen molar-refractivity contribution in [2.45, 2.75) is 29.6 Å². The van der Waals surface area contributed by atoms with E-state index in [1.54, 1.807) is 0 Å². The van der Waals surface area contributed by atoms with Crippen LogP contribution in [-0.2, 0) is 16.6 Å². The average molecular weight is 379 g/mol. The molecule has 124 valence electrons. The zero-order valence-electron chi connectivity index (χ0n) is 12.1. The summed E-state index contributed by atoms with van der Waals surface area (Å²) in [5, 5.41) is 15.0. The van der Waals surface area contributed by atoms with Crippen molar-refractivity contribution >= 4 is 40.9 Å². The van der Waals surface area contributed by atoms with Crippen molar-refractivity contribution in [2.75, 3.05) is 0 Å². The SMILES string of the molecule is CCc1ccc(C[C@H](NC(=O)O)c2noc(C(Cl)(Cl)Cl)n2)cc1. The van der Waals surface area contributed by atoms with Gasteiger partial charge in [-0.25, -0.2) is 4.79 Å². The summed E-state index contributed by atoms with van der Waals surface area (Å²) < 4.78 is 3.02. The van der Waals surface area contributed by atoms with E-state index < -0.39 is 15.9 Å². The second-order valence-electron chi connectivity index (χ2n) is 4.83. The Morgan fingerprint density at radius 3 is 2.39 bits per heavy atom. The van der Waals surface area contributed by atoms with Crippen molar-refractivity contribution in [3.63, 3.8) is 0 Å². The van der Waals surface area contributed by atoms with Crippen LogP contribution >= 0.6 is 34.8 Å². The number of halogens is 3. The summed E-state index contributed by atoms with van der Waals surface area (Å²) in [7, 11) is 0. The smallest absolute Gasteiger partial charge is 0.405 e. The zero-order valence-corrected chi connectivity index (χ0v) is 14.4. The van der Waals surface area contributed by atoms with Crippen LogP contribution < -0.4 is 5.32 Å². The predicted molar refractivity (Wildman–Crippen MR) is 87.0 cm³/mol. The molecule has 1 amide bonds. The first kappa shape index (κ1) is 17.8. The Morgan fingerprint density at radius 1 is 1.30 bits per heavy atom. The van der Waals surface area contributed by atoms with E-state index in [2.05, 4.69) is 22.4 Å². The number of benzene rings is 1. The number of nitrogens with one attached hydrogen (secondary N) is 1. The molecule has 1 atom stereocenters. The first-order valence-electron chi connectivity index (χ1n) is 6.77. The summed E-state index contributed by atoms with van der Waals surface area (Å²) in [5.74, 6) is -0.107. The van der Waals surface area contributed by atoms with Crippen LogP contribution in [0.2, 0.25) is 0 Å². The lowest BCUT2D eigenvalue weighted by molar-refractivity contribution is 0.189. The largest absolute Gasteiger partial charge is 0.465 e. The third-order valence-corrected chi connectivity index (χ3v) is 3.65. The highest BCUT2D eigenvalue weighted by molar-refractivity contribution is 6.66. The number of amides is 1. The molecular formula is C14H14Cl3N3O3. The first-order valence-corrected chi connectivity index (χ1v) is 7.91. The lowest BCUT2D eigenvalue weighted by Gasteiger charge is -2.13. The molecule has 2 rings (SSSR count). The van der Waals surface area contributed by atoms with Crippen molar-refractivity contribution in [2.24, 2.45) is 0 Å². The highest BCUT2D eigenvalue weighted by Gasteiger charge is 2.32. The van der Waals surface area contributed by atoms with Crippen molar-refractivity contribution in [1.82, 2.24) is 15.5 Å². The van der Waals surface area contributed by atoms with Gasteiger partial charge in [0, 0.05) is 6.42 Å². The number of carbonyl (C=O) groups is 1. The fourth-order valence-electron chi connectivity index (χ4n) is 1.99. The van der Waals surface area contributed by atoms with Gasteiger partial charge < -0.3 is 14.9 Å². The van der Waals surface area contributed by atoms with E-state index in [0.717, 1.165) is 12.0 Å². The van der Waals surface area contributed by atoms with Gasteiger partial charge in [-0.3, -0.25) is 0 Å². The number of alkyl halides is 3. The van der Waals surface area contributed by atoms with Crippen LogP contribution in [0, 0.1) is 0 Å². The Balaban J connectivity index is 2.22. The lowest BCUT2D eigenvalue weighted by atomic mass is 10.0. The summed E-state index contributed by atoms with van der Waals surface area (Å²) in [6.07, 6.45) is 0.0596. The molecule has 0 aliphatic rings. The molecule has 0 saturated heterocycles. The van der Waals surface area contributed by atoms with Gasteiger partial charge in [0.25, 0.3) is 9.68 Å². The predicted octanol–water partition coefficient (Wildman–Crippen LogP) is 4.01. The molecular weight excluding hydrogens is 365 g/mol. The Morgan fingerprint density at radius 2 is 1.91 bits per heavy atom. The summed E-state index contributed by atoms with van der Waals surface area (Å²) in [4.78, 5) is 15.0. The van der Waals surface area contributed by atoms with Crippen LogP contribution in [0.15, 0.2) is 28.8 Å². The van der Waals surface area contributed by atoms with Crippen LogP contribution in [0.5, 0.6) is 0 Å². The van der Waals surface area contributed by atoms with Crippen LogP contribution in [0.1, 0.15) is 35.8 Å². The molecule has 23 heavy (non-hydrogen) atoms. The van der Waals surface area contributed by atoms with Crippen LogP contribution in [0.25, 0.3) is 0 Å². The van der Waals surface area contributed by atoms with Gasteiger partial charge in [-0.1, -0.05) is 71.1 Å². The number of nitrogens with zero attached hydrogens (tertiary/aromatic N) is 2. The molecule has 1 aromatic heterocycles. The standard InChI is InChI=1S/C14H14Cl3N3O3/c1-2-8-3-5-9(6-4-8)7-10(18-13(21)22)11-19-12(23-20-11)14(15,16)17/h3-6,10,18H,2,7H2,1H3,(H,21,22)/t10-/m0/s1. The van der Waals surface area contributed by atoms with Crippen molar-refractivity contribution in [3.05, 3.63) is 47.1 Å². The van der Waals surface area contributed by atoms with E-state index in [0.29, 0.717) is 6.42 Å². The van der Waals surface area contributed by atoms with E-state index in [4.69, 9.17) is 44.4 Å². The molecule has 2 aromatic rings. The van der Waals surface area contributed by atoms with E-state index in [1.807, 2.05) is 24.3 Å². The molecule has 0 spiro atoms. The van der Waals surface area contributed by atoms with Gasteiger partial charge in [-0.05, 0) is 17.5 Å². The number of aromatic nitrogens is 2. The maximum absolute atomic E-state index is 11.0. The first-order chi connectivity index (χ1) is 10.8. The van der Waals surface area contributed by atoms with Crippen molar-refractivity contribution in [1.29, 1.82) is 0 Å². The highest BCUT2D eigenvalue weighted by atomic mass is 35.6.